The third-order valence-electron chi connectivity index (χ3n) is 2.58. The number of hydrogen-bond donors (Lipinski definition) is 2. The summed E-state index contributed by atoms with van der Waals surface area (Å²) in [7, 11) is 0. The van der Waals surface area contributed by atoms with Gasteiger partial charge in [0.25, 0.3) is 5.91 Å². The molecule has 5 nitrogen and oxygen atoms in total. The number of rotatable bonds is 3. The number of nitrogens with one attached hydrogen (secondary N) is 2. The monoisotopic (exact) mass is 253 g/mol. The van der Waals surface area contributed by atoms with Crippen LogP contribution in [0, 0.1) is 0 Å². The van der Waals surface area contributed by atoms with E-state index in [0.717, 1.165) is 6.42 Å². The SMILES string of the molecule is O=C1CCC(CNC(=O)c2ccnc(Cl)c2)N1. The van der Waals surface area contributed by atoms with Gasteiger partial charge in [0.05, 0.1) is 0 Å². The van der Waals surface area contributed by atoms with E-state index in [0.29, 0.717) is 18.5 Å². The largest absolute Gasteiger partial charge is 0.352 e. The fraction of sp³-hybridized carbons (Fsp3) is 0.364. The maximum Gasteiger partial charge on any atom is 0.251 e. The fourth-order valence-electron chi connectivity index (χ4n) is 1.69. The van der Waals surface area contributed by atoms with Gasteiger partial charge in [-0.3, -0.25) is 9.59 Å². The molecule has 2 rings (SSSR count). The molecule has 0 aliphatic carbocycles. The van der Waals surface area contributed by atoms with E-state index in [1.165, 1.54) is 12.3 Å². The van der Waals surface area contributed by atoms with Crippen LogP contribution in [0.15, 0.2) is 18.3 Å². The molecule has 0 spiro atoms. The maximum absolute atomic E-state index is 11.7. The van der Waals surface area contributed by atoms with Crippen LogP contribution in [0.4, 0.5) is 0 Å². The molecule has 0 bridgehead atoms. The molecule has 6 heteroatoms. The van der Waals surface area contributed by atoms with Crippen LogP contribution in [0.1, 0.15) is 23.2 Å². The summed E-state index contributed by atoms with van der Waals surface area (Å²) in [5.41, 5.74) is 0.467. The van der Waals surface area contributed by atoms with Gasteiger partial charge in [0, 0.05) is 30.8 Å². The van der Waals surface area contributed by atoms with Crippen LogP contribution in [0.25, 0.3) is 0 Å². The molecule has 2 amide bonds. The highest BCUT2D eigenvalue weighted by Crippen LogP contribution is 2.08. The first-order valence-corrected chi connectivity index (χ1v) is 5.72. The number of hydrogen-bond acceptors (Lipinski definition) is 3. The lowest BCUT2D eigenvalue weighted by Gasteiger charge is -2.11. The highest BCUT2D eigenvalue weighted by atomic mass is 35.5. The van der Waals surface area contributed by atoms with E-state index in [4.69, 9.17) is 11.6 Å². The minimum absolute atomic E-state index is 0.0313. The van der Waals surface area contributed by atoms with E-state index in [1.807, 2.05) is 0 Å². The van der Waals surface area contributed by atoms with Gasteiger partial charge in [0.15, 0.2) is 0 Å². The van der Waals surface area contributed by atoms with Crippen molar-refractivity contribution in [1.82, 2.24) is 15.6 Å². The smallest absolute Gasteiger partial charge is 0.251 e. The third-order valence-corrected chi connectivity index (χ3v) is 2.79. The van der Waals surface area contributed by atoms with Gasteiger partial charge in [0.1, 0.15) is 5.15 Å². The molecule has 0 radical (unpaired) electrons. The van der Waals surface area contributed by atoms with Crippen LogP contribution < -0.4 is 10.6 Å². The predicted octanol–water partition coefficient (Wildman–Crippen LogP) is 0.743. The van der Waals surface area contributed by atoms with Gasteiger partial charge in [-0.15, -0.1) is 0 Å². The molecule has 1 fully saturated rings. The lowest BCUT2D eigenvalue weighted by Crippen LogP contribution is -2.38. The van der Waals surface area contributed by atoms with Gasteiger partial charge in [-0.05, 0) is 18.6 Å². The number of amides is 2. The molecule has 0 aromatic carbocycles. The minimum Gasteiger partial charge on any atom is -0.352 e. The molecule has 1 saturated heterocycles. The minimum atomic E-state index is -0.213. The van der Waals surface area contributed by atoms with Crippen molar-refractivity contribution in [3.63, 3.8) is 0 Å². The molecule has 1 aromatic rings. The lowest BCUT2D eigenvalue weighted by molar-refractivity contribution is -0.119. The molecule has 1 aliphatic heterocycles. The van der Waals surface area contributed by atoms with Crippen molar-refractivity contribution in [3.8, 4) is 0 Å². The average molecular weight is 254 g/mol. The van der Waals surface area contributed by atoms with Gasteiger partial charge >= 0.3 is 0 Å². The first-order valence-electron chi connectivity index (χ1n) is 5.34. The molecule has 17 heavy (non-hydrogen) atoms. The van der Waals surface area contributed by atoms with E-state index < -0.39 is 0 Å². The third kappa shape index (κ3) is 3.17. The molecule has 0 saturated carbocycles. The van der Waals surface area contributed by atoms with Crippen molar-refractivity contribution in [2.45, 2.75) is 18.9 Å². The second-order valence-electron chi connectivity index (χ2n) is 3.88. The highest BCUT2D eigenvalue weighted by Gasteiger charge is 2.21. The number of nitrogens with zero attached hydrogens (tertiary/aromatic N) is 1. The van der Waals surface area contributed by atoms with Gasteiger partial charge in [0.2, 0.25) is 5.91 Å². The zero-order chi connectivity index (χ0) is 12.3. The quantitative estimate of drug-likeness (QED) is 0.781. The number of carbonyl (C=O) groups is 2. The Bertz CT molecular complexity index is 450. The molecular formula is C11H12ClN3O2. The van der Waals surface area contributed by atoms with Crippen LogP contribution in [-0.4, -0.2) is 29.4 Å². The van der Waals surface area contributed by atoms with Crippen molar-refractivity contribution >= 4 is 23.4 Å². The van der Waals surface area contributed by atoms with E-state index in [-0.39, 0.29) is 23.0 Å². The molecule has 1 aromatic heterocycles. The first kappa shape index (κ1) is 11.9. The van der Waals surface area contributed by atoms with Gasteiger partial charge in [-0.1, -0.05) is 11.6 Å². The number of carbonyl (C=O) groups excluding carboxylic acids is 2. The van der Waals surface area contributed by atoms with E-state index in [2.05, 4.69) is 15.6 Å². The van der Waals surface area contributed by atoms with Crippen molar-refractivity contribution in [2.75, 3.05) is 6.54 Å². The molecule has 2 N–H and O–H groups in total. The molecular weight excluding hydrogens is 242 g/mol. The molecule has 90 valence electrons. The van der Waals surface area contributed by atoms with Crippen LogP contribution in [0.3, 0.4) is 0 Å². The van der Waals surface area contributed by atoms with Crippen LogP contribution in [0.5, 0.6) is 0 Å². The van der Waals surface area contributed by atoms with Crippen LogP contribution in [0.2, 0.25) is 5.15 Å². The summed E-state index contributed by atoms with van der Waals surface area (Å²) in [4.78, 5) is 26.5. The second-order valence-corrected chi connectivity index (χ2v) is 4.27. The highest BCUT2D eigenvalue weighted by molar-refractivity contribution is 6.29. The first-order chi connectivity index (χ1) is 8.15. The number of aromatic nitrogens is 1. The summed E-state index contributed by atoms with van der Waals surface area (Å²) in [6, 6.07) is 3.13. The Hall–Kier alpha value is -1.62. The fourth-order valence-corrected chi connectivity index (χ4v) is 1.87. The van der Waals surface area contributed by atoms with E-state index >= 15 is 0 Å². The van der Waals surface area contributed by atoms with Crippen LogP contribution in [-0.2, 0) is 4.79 Å². The Kier molecular flexibility index (Phi) is 3.58. The average Bonchev–Trinajstić information content (AvgIpc) is 2.72. The predicted molar refractivity (Wildman–Crippen MR) is 62.7 cm³/mol. The molecule has 1 unspecified atom stereocenters. The Labute approximate surface area is 104 Å². The summed E-state index contributed by atoms with van der Waals surface area (Å²) >= 11 is 5.69. The standard InChI is InChI=1S/C11H12ClN3O2/c12-9-5-7(3-4-13-9)11(17)14-6-8-1-2-10(16)15-8/h3-5,8H,1-2,6H2,(H,14,17)(H,15,16). The molecule has 1 atom stereocenters. The normalized spacial score (nSPS) is 18.9. The summed E-state index contributed by atoms with van der Waals surface area (Å²) in [5.74, 6) is -0.174. The zero-order valence-electron chi connectivity index (χ0n) is 9.07. The zero-order valence-corrected chi connectivity index (χ0v) is 9.83. The van der Waals surface area contributed by atoms with Crippen molar-refractivity contribution < 1.29 is 9.59 Å². The summed E-state index contributed by atoms with van der Waals surface area (Å²) in [5, 5.41) is 5.81. The summed E-state index contributed by atoms with van der Waals surface area (Å²) in [6.07, 6.45) is 2.77. The molecule has 1 aliphatic rings. The topological polar surface area (TPSA) is 71.1 Å². The Morgan fingerprint density at radius 3 is 3.12 bits per heavy atom. The van der Waals surface area contributed by atoms with Gasteiger partial charge < -0.3 is 10.6 Å². The Morgan fingerprint density at radius 2 is 2.47 bits per heavy atom. The maximum atomic E-state index is 11.7. The lowest BCUT2D eigenvalue weighted by atomic mass is 10.2. The van der Waals surface area contributed by atoms with Gasteiger partial charge in [-0.2, -0.15) is 0 Å². The van der Waals surface area contributed by atoms with Crippen molar-refractivity contribution in [3.05, 3.63) is 29.0 Å². The molecule has 2 heterocycles. The van der Waals surface area contributed by atoms with E-state index in [1.54, 1.807) is 6.07 Å². The second kappa shape index (κ2) is 5.14. The number of halogens is 1. The van der Waals surface area contributed by atoms with Gasteiger partial charge in [-0.25, -0.2) is 4.98 Å². The Balaban J connectivity index is 1.87. The van der Waals surface area contributed by atoms with E-state index in [9.17, 15) is 9.59 Å². The van der Waals surface area contributed by atoms with Crippen LogP contribution >= 0.6 is 11.6 Å². The van der Waals surface area contributed by atoms with Crippen molar-refractivity contribution in [1.29, 1.82) is 0 Å². The summed E-state index contributed by atoms with van der Waals surface area (Å²) in [6.45, 7) is 0.435. The summed E-state index contributed by atoms with van der Waals surface area (Å²) < 4.78 is 0. The number of pyridine rings is 1. The Morgan fingerprint density at radius 1 is 1.65 bits per heavy atom. The van der Waals surface area contributed by atoms with Crippen molar-refractivity contribution in [2.24, 2.45) is 0 Å².